The van der Waals surface area contributed by atoms with Gasteiger partial charge in [-0.1, -0.05) is 26.3 Å². The number of ether oxygens (including phenoxy) is 1. The number of carboxylic acids is 1. The molecule has 0 aromatic carbocycles. The van der Waals surface area contributed by atoms with Gasteiger partial charge >= 0.3 is 11.9 Å². The van der Waals surface area contributed by atoms with Gasteiger partial charge in [-0.2, -0.15) is 0 Å². The summed E-state index contributed by atoms with van der Waals surface area (Å²) in [6.45, 7) is 7.18. The summed E-state index contributed by atoms with van der Waals surface area (Å²) in [5, 5.41) is 19.0. The molecule has 4 rings (SSSR count). The molecule has 3 fully saturated rings. The number of hydrogen-bond acceptors (Lipinski definition) is 6. The summed E-state index contributed by atoms with van der Waals surface area (Å²) in [7, 11) is 0. The van der Waals surface area contributed by atoms with E-state index in [1.807, 2.05) is 6.08 Å². The van der Waals surface area contributed by atoms with Gasteiger partial charge in [0.2, 0.25) is 0 Å². The predicted octanol–water partition coefficient (Wildman–Crippen LogP) is 3.72. The number of rotatable bonds is 4. The highest BCUT2D eigenvalue weighted by atomic mass is 16.5. The van der Waals surface area contributed by atoms with Crippen LogP contribution in [0, 0.1) is 34.5 Å². The van der Waals surface area contributed by atoms with Crippen LogP contribution in [-0.4, -0.2) is 46.4 Å². The number of carboxylic acid groups (broad SMARTS) is 1. The van der Waals surface area contributed by atoms with Crippen LogP contribution in [0.5, 0.6) is 0 Å². The van der Waals surface area contributed by atoms with Crippen molar-refractivity contribution in [2.24, 2.45) is 34.5 Å². The average molecular weight is 463 g/mol. The predicted molar refractivity (Wildman–Crippen MR) is 121 cm³/mol. The molecule has 7 unspecified atom stereocenters. The zero-order valence-corrected chi connectivity index (χ0v) is 20.3. The van der Waals surface area contributed by atoms with Gasteiger partial charge in [-0.05, 0) is 73.2 Å². The molecule has 4 aliphatic rings. The number of ketones is 2. The monoisotopic (exact) mass is 462 g/mol. The number of aliphatic hydroxyl groups is 1. The van der Waals surface area contributed by atoms with Crippen molar-refractivity contribution in [2.45, 2.75) is 85.2 Å². The molecule has 7 atom stereocenters. The first kappa shape index (κ1) is 25.6. The Morgan fingerprint density at radius 2 is 1.82 bits per heavy atom. The minimum atomic E-state index is -0.745. The van der Waals surface area contributed by atoms with E-state index in [9.17, 15) is 24.3 Å². The van der Waals surface area contributed by atoms with Crippen LogP contribution in [0.25, 0.3) is 0 Å². The molecule has 184 valence electrons. The first-order valence-corrected chi connectivity index (χ1v) is 12.2. The largest absolute Gasteiger partial charge is 0.481 e. The van der Waals surface area contributed by atoms with Gasteiger partial charge in [0.15, 0.2) is 11.6 Å². The Balaban J connectivity index is 0.000000555. The molecule has 3 saturated carbocycles. The first-order chi connectivity index (χ1) is 15.4. The number of esters is 1. The molecule has 0 radical (unpaired) electrons. The van der Waals surface area contributed by atoms with Gasteiger partial charge in [0.1, 0.15) is 6.61 Å². The summed E-state index contributed by atoms with van der Waals surface area (Å²) in [4.78, 5) is 45.2. The Morgan fingerprint density at radius 3 is 2.42 bits per heavy atom. The molecule has 0 amide bonds. The highest BCUT2D eigenvalue weighted by molar-refractivity contribution is 5.91. The first-order valence-electron chi connectivity index (χ1n) is 12.2. The lowest BCUT2D eigenvalue weighted by Gasteiger charge is -2.59. The van der Waals surface area contributed by atoms with Crippen LogP contribution in [-0.2, 0) is 23.9 Å². The van der Waals surface area contributed by atoms with E-state index in [1.54, 1.807) is 6.92 Å². The fraction of sp³-hybridized carbons (Fsp3) is 0.769. The summed E-state index contributed by atoms with van der Waals surface area (Å²) >= 11 is 0. The molecule has 33 heavy (non-hydrogen) atoms. The lowest BCUT2D eigenvalue weighted by atomic mass is 9.46. The molecule has 0 heterocycles. The minimum absolute atomic E-state index is 0.00304. The van der Waals surface area contributed by atoms with Gasteiger partial charge in [-0.15, -0.1) is 0 Å². The summed E-state index contributed by atoms with van der Waals surface area (Å²) < 4.78 is 4.98. The third-order valence-electron chi connectivity index (χ3n) is 9.00. The van der Waals surface area contributed by atoms with E-state index in [-0.39, 0.29) is 47.3 Å². The van der Waals surface area contributed by atoms with Crippen LogP contribution < -0.4 is 0 Å². The second-order valence-corrected chi connectivity index (χ2v) is 10.8. The van der Waals surface area contributed by atoms with Crippen LogP contribution in [0.15, 0.2) is 11.6 Å². The van der Waals surface area contributed by atoms with Crippen LogP contribution in [0.3, 0.4) is 0 Å². The van der Waals surface area contributed by atoms with Crippen molar-refractivity contribution in [2.75, 3.05) is 6.61 Å². The average Bonchev–Trinajstić information content (AvgIpc) is 3.09. The van der Waals surface area contributed by atoms with Gasteiger partial charge in [-0.25, -0.2) is 0 Å². The van der Waals surface area contributed by atoms with Crippen molar-refractivity contribution in [3.05, 3.63) is 11.6 Å². The third-order valence-corrected chi connectivity index (χ3v) is 9.00. The molecule has 0 saturated heterocycles. The second-order valence-electron chi connectivity index (χ2n) is 10.8. The molecule has 7 heteroatoms. The van der Waals surface area contributed by atoms with Gasteiger partial charge in [0.05, 0.1) is 6.10 Å². The van der Waals surface area contributed by atoms with Gasteiger partial charge < -0.3 is 14.9 Å². The summed E-state index contributed by atoms with van der Waals surface area (Å²) in [5.74, 6) is -0.145. The van der Waals surface area contributed by atoms with Crippen molar-refractivity contribution in [1.29, 1.82) is 0 Å². The van der Waals surface area contributed by atoms with Gasteiger partial charge in [-0.3, -0.25) is 19.2 Å². The third kappa shape index (κ3) is 4.79. The highest BCUT2D eigenvalue weighted by Crippen LogP contribution is 2.66. The number of carbonyl (C=O) groups is 4. The number of hydrogen-bond donors (Lipinski definition) is 2. The Hall–Kier alpha value is -2.02. The Kier molecular flexibility index (Phi) is 7.52. The van der Waals surface area contributed by atoms with Crippen LogP contribution in [0.2, 0.25) is 0 Å². The Labute approximate surface area is 196 Å². The molecule has 4 aliphatic carbocycles. The fourth-order valence-corrected chi connectivity index (χ4v) is 7.49. The molecule has 0 aromatic rings. The number of allylic oxidation sites excluding steroid dienone is 1. The van der Waals surface area contributed by atoms with E-state index in [1.165, 1.54) is 12.5 Å². The maximum absolute atomic E-state index is 12.8. The summed E-state index contributed by atoms with van der Waals surface area (Å²) in [6.07, 6.45) is 7.35. The zero-order chi connectivity index (χ0) is 24.6. The minimum Gasteiger partial charge on any atom is -0.481 e. The lowest BCUT2D eigenvalue weighted by molar-refractivity contribution is -0.154. The van der Waals surface area contributed by atoms with Crippen molar-refractivity contribution in [3.8, 4) is 0 Å². The van der Waals surface area contributed by atoms with Crippen molar-refractivity contribution >= 4 is 23.5 Å². The van der Waals surface area contributed by atoms with E-state index < -0.39 is 18.0 Å². The maximum Gasteiger partial charge on any atom is 0.303 e. The van der Waals surface area contributed by atoms with E-state index in [0.717, 1.165) is 32.1 Å². The van der Waals surface area contributed by atoms with Crippen LogP contribution >= 0.6 is 0 Å². The molecule has 2 N–H and O–H groups in total. The Morgan fingerprint density at radius 1 is 1.15 bits per heavy atom. The maximum atomic E-state index is 12.8. The van der Waals surface area contributed by atoms with Gasteiger partial charge in [0.25, 0.3) is 0 Å². The molecular formula is C26H38O7. The zero-order valence-electron chi connectivity index (χ0n) is 20.3. The molecule has 0 spiro atoms. The van der Waals surface area contributed by atoms with E-state index >= 15 is 0 Å². The molecule has 0 aliphatic heterocycles. The quantitative estimate of drug-likeness (QED) is 0.611. The number of aliphatic hydroxyl groups excluding tert-OH is 1. The van der Waals surface area contributed by atoms with E-state index in [4.69, 9.17) is 9.84 Å². The highest BCUT2D eigenvalue weighted by Gasteiger charge is 2.62. The normalized spacial score (nSPS) is 39.1. The second kappa shape index (κ2) is 9.69. The number of aliphatic carboxylic acids is 1. The molecule has 0 aromatic heterocycles. The SMILES string of the molecule is CC(=O)OCC(=O)C1CCC2C3CCC4=CC(=O)CCC4(C)C3C(O)CC12C.CCC(=O)O. The van der Waals surface area contributed by atoms with Crippen LogP contribution in [0.1, 0.15) is 79.1 Å². The summed E-state index contributed by atoms with van der Waals surface area (Å²) in [6, 6.07) is 0. The smallest absolute Gasteiger partial charge is 0.303 e. The van der Waals surface area contributed by atoms with Crippen molar-refractivity contribution < 1.29 is 34.1 Å². The molecular weight excluding hydrogens is 424 g/mol. The number of fused-ring (bicyclic) bond motifs is 5. The lowest BCUT2D eigenvalue weighted by Crippen LogP contribution is -2.57. The van der Waals surface area contributed by atoms with Crippen molar-refractivity contribution in [3.63, 3.8) is 0 Å². The number of Topliss-reactive ketones (excluding diaryl/α,β-unsaturated/α-hetero) is 1. The standard InChI is InChI=1S/C23H32O5.C3H6O2/c1-13(24)28-12-20(27)18-7-6-17-16-5-4-14-10-15(25)8-9-22(14,2)21(16)19(26)11-23(17,18)3;1-2-3(4)5/h10,16-19,21,26H,4-9,11-12H2,1-3H3;2H2,1H3,(H,4,5). The fourth-order valence-electron chi connectivity index (χ4n) is 7.49. The molecule has 7 nitrogen and oxygen atoms in total. The van der Waals surface area contributed by atoms with E-state index in [0.29, 0.717) is 24.7 Å². The Bertz CT molecular complexity index is 846. The van der Waals surface area contributed by atoms with Crippen LogP contribution in [0.4, 0.5) is 0 Å². The van der Waals surface area contributed by atoms with Gasteiger partial charge in [0, 0.05) is 25.7 Å². The molecule has 0 bridgehead atoms. The van der Waals surface area contributed by atoms with E-state index in [2.05, 4.69) is 13.8 Å². The topological polar surface area (TPSA) is 118 Å². The number of carbonyl (C=O) groups excluding carboxylic acids is 3. The summed E-state index contributed by atoms with van der Waals surface area (Å²) in [5.41, 5.74) is 0.894. The van der Waals surface area contributed by atoms with Crippen molar-refractivity contribution in [1.82, 2.24) is 0 Å².